The molecule has 11 heteroatoms. The molecule has 2 N–H and O–H groups in total. The van der Waals surface area contributed by atoms with Crippen molar-refractivity contribution < 1.29 is 23.7 Å². The number of pyridine rings is 1. The summed E-state index contributed by atoms with van der Waals surface area (Å²) in [6.07, 6.45) is 5.94. The Morgan fingerprint density at radius 3 is 2.70 bits per heavy atom. The summed E-state index contributed by atoms with van der Waals surface area (Å²) in [6, 6.07) is 3.29. The number of carbonyl (C=O) groups excluding carboxylic acids is 1. The number of carbonyl (C=O) groups is 1. The summed E-state index contributed by atoms with van der Waals surface area (Å²) in [4.78, 5) is 50.9. The van der Waals surface area contributed by atoms with Gasteiger partial charge in [0.25, 0.3) is 5.56 Å². The first-order valence-electron chi connectivity index (χ1n) is 10.8. The maximum absolute atomic E-state index is 13.4. The van der Waals surface area contributed by atoms with Crippen LogP contribution in [0.5, 0.6) is 5.88 Å². The molecule has 3 aromatic rings. The summed E-state index contributed by atoms with van der Waals surface area (Å²) in [6.45, 7) is 2.95. The Kier molecular flexibility index (Phi) is 7.07. The van der Waals surface area contributed by atoms with Crippen molar-refractivity contribution in [2.45, 2.75) is 32.7 Å². The fourth-order valence-corrected chi connectivity index (χ4v) is 4.73. The summed E-state index contributed by atoms with van der Waals surface area (Å²) in [5, 5.41) is 5.17. The predicted octanol–water partition coefficient (Wildman–Crippen LogP) is 2.49. The van der Waals surface area contributed by atoms with E-state index < -0.39 is 13.9 Å². The molecular formula is C22H27N4O6P. The largest absolute Gasteiger partial charge is 0.481 e. The summed E-state index contributed by atoms with van der Waals surface area (Å²) >= 11 is 0. The van der Waals surface area contributed by atoms with Crippen molar-refractivity contribution in [2.75, 3.05) is 31.3 Å². The summed E-state index contributed by atoms with van der Waals surface area (Å²) in [5.74, 6) is 1.14. The van der Waals surface area contributed by atoms with E-state index in [4.69, 9.17) is 9.15 Å². The lowest BCUT2D eigenvalue weighted by Gasteiger charge is -2.33. The van der Waals surface area contributed by atoms with Crippen LogP contribution >= 0.6 is 8.38 Å². The molecule has 1 saturated heterocycles. The number of ketones is 1. The topological polar surface area (TPSA) is 131 Å². The van der Waals surface area contributed by atoms with Crippen molar-refractivity contribution in [3.63, 3.8) is 0 Å². The number of piperidine rings is 1. The molecule has 176 valence electrons. The number of hydrogen-bond acceptors (Lipinski definition) is 9. The van der Waals surface area contributed by atoms with Gasteiger partial charge in [0.15, 0.2) is 14.1 Å². The molecule has 3 aromatic heterocycles. The average molecular weight is 474 g/mol. The molecule has 0 atom stereocenters. The van der Waals surface area contributed by atoms with E-state index in [0.29, 0.717) is 47.6 Å². The molecule has 0 bridgehead atoms. The second kappa shape index (κ2) is 9.99. The number of ether oxygens (including phenoxy) is 1. The van der Waals surface area contributed by atoms with Gasteiger partial charge in [0.2, 0.25) is 11.7 Å². The maximum atomic E-state index is 13.4. The highest BCUT2D eigenvalue weighted by Crippen LogP contribution is 2.33. The van der Waals surface area contributed by atoms with Gasteiger partial charge in [-0.15, -0.1) is 0 Å². The quantitative estimate of drug-likeness (QED) is 0.373. The first kappa shape index (κ1) is 23.4. The first-order valence-corrected chi connectivity index (χ1v) is 12.2. The average Bonchev–Trinajstić information content (AvgIpc) is 3.25. The van der Waals surface area contributed by atoms with Crippen LogP contribution < -0.4 is 15.2 Å². The predicted molar refractivity (Wildman–Crippen MR) is 124 cm³/mol. The van der Waals surface area contributed by atoms with Gasteiger partial charge in [-0.25, -0.2) is 4.68 Å². The monoisotopic (exact) mass is 474 g/mol. The molecule has 4 rings (SSSR count). The van der Waals surface area contributed by atoms with Crippen LogP contribution in [0.15, 0.2) is 33.8 Å². The summed E-state index contributed by atoms with van der Waals surface area (Å²) in [5.41, 5.74) is 0.427. The Bertz CT molecular complexity index is 1200. The molecule has 10 nitrogen and oxygen atoms in total. The zero-order valence-corrected chi connectivity index (χ0v) is 19.5. The molecule has 0 unspecified atom stereocenters. The normalized spacial score (nSPS) is 14.9. The second-order valence-corrected chi connectivity index (χ2v) is 9.48. The fourth-order valence-electron chi connectivity index (χ4n) is 4.13. The SMILES string of the molecule is COc1cc2cnn(CC(=O)c3cc(C)co3)c(=O)c2c(N2CCC(CCP(O)O)CC2)n1. The third-order valence-corrected chi connectivity index (χ3v) is 6.61. The van der Waals surface area contributed by atoms with E-state index in [1.54, 1.807) is 18.3 Å². The standard InChI is InChI=1S/C22H27N4O6P/c1-14-9-18(32-13-14)17(27)12-26-22(28)20-16(11-23-26)10-19(31-2)24-21(20)25-6-3-15(4-7-25)5-8-33(29)30/h9-11,13,15,29-30H,3-8,12H2,1-2H3. The van der Waals surface area contributed by atoms with E-state index >= 15 is 0 Å². The molecule has 0 saturated carbocycles. The Labute approximate surface area is 191 Å². The molecule has 1 aliphatic rings. The van der Waals surface area contributed by atoms with Crippen LogP contribution in [-0.4, -0.2) is 56.7 Å². The lowest BCUT2D eigenvalue weighted by molar-refractivity contribution is 0.0938. The smallest absolute Gasteiger partial charge is 0.278 e. The van der Waals surface area contributed by atoms with Crippen LogP contribution in [-0.2, 0) is 6.54 Å². The minimum atomic E-state index is -1.87. The van der Waals surface area contributed by atoms with E-state index in [1.807, 2.05) is 11.8 Å². The van der Waals surface area contributed by atoms with E-state index in [1.165, 1.54) is 13.4 Å². The number of rotatable bonds is 8. The number of anilines is 1. The van der Waals surface area contributed by atoms with Gasteiger partial charge in [0.05, 0.1) is 25.0 Å². The van der Waals surface area contributed by atoms with Crippen molar-refractivity contribution in [2.24, 2.45) is 5.92 Å². The molecule has 0 amide bonds. The Balaban J connectivity index is 1.63. The highest BCUT2D eigenvalue weighted by atomic mass is 31.2. The van der Waals surface area contributed by atoms with Crippen molar-refractivity contribution in [3.8, 4) is 5.88 Å². The molecule has 1 aliphatic heterocycles. The van der Waals surface area contributed by atoms with Gasteiger partial charge in [0.1, 0.15) is 12.4 Å². The van der Waals surface area contributed by atoms with Crippen molar-refractivity contribution in [3.05, 3.63) is 46.3 Å². The van der Waals surface area contributed by atoms with E-state index in [9.17, 15) is 19.4 Å². The number of aromatic nitrogens is 3. The van der Waals surface area contributed by atoms with Crippen LogP contribution in [0, 0.1) is 12.8 Å². The Morgan fingerprint density at radius 2 is 2.06 bits per heavy atom. The highest BCUT2D eigenvalue weighted by molar-refractivity contribution is 7.45. The minimum absolute atomic E-state index is 0.186. The van der Waals surface area contributed by atoms with Crippen LogP contribution in [0.2, 0.25) is 0 Å². The van der Waals surface area contributed by atoms with Crippen LogP contribution in [0.1, 0.15) is 35.4 Å². The van der Waals surface area contributed by atoms with E-state index in [0.717, 1.165) is 29.5 Å². The third kappa shape index (κ3) is 5.24. The molecule has 0 aromatic carbocycles. The zero-order chi connectivity index (χ0) is 23.5. The number of furan rings is 1. The highest BCUT2D eigenvalue weighted by Gasteiger charge is 2.25. The van der Waals surface area contributed by atoms with E-state index in [-0.39, 0.29) is 18.1 Å². The number of methoxy groups -OCH3 is 1. The van der Waals surface area contributed by atoms with Crippen molar-refractivity contribution in [1.29, 1.82) is 0 Å². The fraction of sp³-hybridized carbons (Fsp3) is 0.455. The van der Waals surface area contributed by atoms with Gasteiger partial charge in [-0.05, 0) is 43.7 Å². The molecule has 33 heavy (non-hydrogen) atoms. The molecule has 0 aliphatic carbocycles. The summed E-state index contributed by atoms with van der Waals surface area (Å²) < 4.78 is 11.7. The lowest BCUT2D eigenvalue weighted by Crippen LogP contribution is -2.36. The maximum Gasteiger partial charge on any atom is 0.278 e. The van der Waals surface area contributed by atoms with Crippen LogP contribution in [0.3, 0.4) is 0 Å². The van der Waals surface area contributed by atoms with Gasteiger partial charge >= 0.3 is 0 Å². The molecule has 1 fully saturated rings. The van der Waals surface area contributed by atoms with Crippen LogP contribution in [0.4, 0.5) is 5.82 Å². The summed E-state index contributed by atoms with van der Waals surface area (Å²) in [7, 11) is -0.350. The van der Waals surface area contributed by atoms with Gasteiger partial charge < -0.3 is 23.8 Å². The van der Waals surface area contributed by atoms with Gasteiger partial charge in [-0.2, -0.15) is 10.1 Å². The van der Waals surface area contributed by atoms with Crippen molar-refractivity contribution in [1.82, 2.24) is 14.8 Å². The third-order valence-electron chi connectivity index (χ3n) is 5.95. The molecule has 0 spiro atoms. The number of hydrogen-bond donors (Lipinski definition) is 2. The van der Waals surface area contributed by atoms with Crippen LogP contribution in [0.25, 0.3) is 10.8 Å². The Hall–Kier alpha value is -2.81. The van der Waals surface area contributed by atoms with Gasteiger partial charge in [0, 0.05) is 30.7 Å². The second-order valence-electron chi connectivity index (χ2n) is 8.29. The first-order chi connectivity index (χ1) is 15.9. The number of fused-ring (bicyclic) bond motifs is 1. The van der Waals surface area contributed by atoms with Crippen molar-refractivity contribution >= 4 is 30.7 Å². The molecular weight excluding hydrogens is 447 g/mol. The molecule has 4 heterocycles. The number of nitrogens with zero attached hydrogens (tertiary/aromatic N) is 4. The number of aryl methyl sites for hydroxylation is 1. The lowest BCUT2D eigenvalue weighted by atomic mass is 9.94. The zero-order valence-electron chi connectivity index (χ0n) is 18.6. The van der Waals surface area contributed by atoms with E-state index in [2.05, 4.69) is 10.1 Å². The number of Topliss-reactive ketones (excluding diaryl/α,β-unsaturated/α-hetero) is 1. The van der Waals surface area contributed by atoms with Gasteiger partial charge in [-0.1, -0.05) is 0 Å². The molecule has 0 radical (unpaired) electrons. The van der Waals surface area contributed by atoms with Gasteiger partial charge in [-0.3, -0.25) is 9.59 Å². The minimum Gasteiger partial charge on any atom is -0.481 e. The Morgan fingerprint density at radius 1 is 1.30 bits per heavy atom.